The maximum Gasteiger partial charge on any atom is 0.306 e. The summed E-state index contributed by atoms with van der Waals surface area (Å²) in [5.41, 5.74) is -0.205. The zero-order valence-corrected chi connectivity index (χ0v) is 16.0. The van der Waals surface area contributed by atoms with Gasteiger partial charge in [-0.2, -0.15) is 0 Å². The van der Waals surface area contributed by atoms with Crippen molar-refractivity contribution >= 4 is 17.9 Å². The number of carboxylic acid groups (broad SMARTS) is 2. The Morgan fingerprint density at radius 2 is 1.58 bits per heavy atom. The third-order valence-electron chi connectivity index (χ3n) is 2.96. The van der Waals surface area contributed by atoms with Gasteiger partial charge in [0, 0.05) is 21.0 Å². The monoisotopic (exact) mass is 350 g/mol. The second-order valence-corrected chi connectivity index (χ2v) is 5.95. The summed E-state index contributed by atoms with van der Waals surface area (Å²) in [6.07, 6.45) is 3.49. The first-order chi connectivity index (χ1) is 10.9. The van der Waals surface area contributed by atoms with Gasteiger partial charge in [-0.15, -0.1) is 0 Å². The highest BCUT2D eigenvalue weighted by atomic mass is 16.5. The molecule has 0 rings (SSSR count). The van der Waals surface area contributed by atoms with Gasteiger partial charge in [0.15, 0.2) is 0 Å². The van der Waals surface area contributed by atoms with Crippen molar-refractivity contribution in [3.63, 3.8) is 0 Å². The molecule has 2 N–H and O–H groups in total. The molecule has 0 aliphatic rings. The van der Waals surface area contributed by atoms with E-state index in [1.807, 2.05) is 13.8 Å². The largest absolute Gasteiger partial charge is 0.481 e. The van der Waals surface area contributed by atoms with Crippen molar-refractivity contribution in [2.45, 2.75) is 72.8 Å². The van der Waals surface area contributed by atoms with E-state index in [1.165, 1.54) is 6.92 Å². The first-order valence-corrected chi connectivity index (χ1v) is 8.00. The first-order valence-electron chi connectivity index (χ1n) is 8.00. The Bertz CT molecular complexity index is 347. The quantitative estimate of drug-likeness (QED) is 0.510. The molecule has 0 spiro atoms. The van der Waals surface area contributed by atoms with Crippen molar-refractivity contribution in [1.82, 2.24) is 0 Å². The lowest BCUT2D eigenvalue weighted by Crippen LogP contribution is -2.24. The highest BCUT2D eigenvalue weighted by Gasteiger charge is 2.19. The van der Waals surface area contributed by atoms with Crippen molar-refractivity contribution in [2.75, 3.05) is 13.7 Å². The fourth-order valence-corrected chi connectivity index (χ4v) is 1.15. The van der Waals surface area contributed by atoms with E-state index < -0.39 is 11.9 Å². The number of ether oxygens (including phenoxy) is 2. The van der Waals surface area contributed by atoms with Crippen molar-refractivity contribution in [3.05, 3.63) is 0 Å². The van der Waals surface area contributed by atoms with Crippen LogP contribution in [0.3, 0.4) is 0 Å². The standard InChI is InChI=1S/C9H18O3.C6H12O2.C2H4O2/c1-7(8(10)11)5-6-9(2,3)12-4;1-3-4-5-8-6(2)7;1-2(3)4/h7H,5-6H2,1-4H3,(H,10,11);3-5H2,1-2H3;1H3,(H,3,4). The van der Waals surface area contributed by atoms with Crippen LogP contribution in [0.25, 0.3) is 0 Å². The SMILES string of the molecule is CC(=O)O.CCCCOC(C)=O.COC(C)(C)CCC(C)C(=O)O. The number of esters is 1. The summed E-state index contributed by atoms with van der Waals surface area (Å²) in [6, 6.07) is 0. The van der Waals surface area contributed by atoms with Gasteiger partial charge in [0.2, 0.25) is 0 Å². The third-order valence-corrected chi connectivity index (χ3v) is 2.96. The molecule has 0 saturated heterocycles. The molecule has 0 aromatic carbocycles. The van der Waals surface area contributed by atoms with Gasteiger partial charge < -0.3 is 19.7 Å². The van der Waals surface area contributed by atoms with Crippen LogP contribution in [0.2, 0.25) is 0 Å². The minimum Gasteiger partial charge on any atom is -0.481 e. The van der Waals surface area contributed by atoms with E-state index in [9.17, 15) is 9.59 Å². The Labute approximate surface area is 145 Å². The number of hydrogen-bond acceptors (Lipinski definition) is 5. The van der Waals surface area contributed by atoms with E-state index in [2.05, 4.69) is 11.7 Å². The summed E-state index contributed by atoms with van der Waals surface area (Å²) >= 11 is 0. The molecule has 1 atom stereocenters. The first kappa shape index (κ1) is 27.2. The van der Waals surface area contributed by atoms with Crippen LogP contribution in [0, 0.1) is 5.92 Å². The Balaban J connectivity index is -0.000000316. The zero-order chi connectivity index (χ0) is 19.8. The van der Waals surface area contributed by atoms with Gasteiger partial charge in [-0.1, -0.05) is 20.3 Å². The van der Waals surface area contributed by atoms with Crippen LogP contribution < -0.4 is 0 Å². The minimum absolute atomic E-state index is 0.182. The molecule has 1 unspecified atom stereocenters. The fraction of sp³-hybridized carbons (Fsp3) is 0.824. The van der Waals surface area contributed by atoms with Crippen LogP contribution in [0.5, 0.6) is 0 Å². The number of hydrogen-bond donors (Lipinski definition) is 2. The van der Waals surface area contributed by atoms with Gasteiger partial charge in [0.25, 0.3) is 5.97 Å². The van der Waals surface area contributed by atoms with Crippen LogP contribution in [0.15, 0.2) is 0 Å². The van der Waals surface area contributed by atoms with Gasteiger partial charge in [-0.3, -0.25) is 14.4 Å². The number of unbranched alkanes of at least 4 members (excludes halogenated alkanes) is 1. The minimum atomic E-state index is -0.833. The predicted octanol–water partition coefficient (Wildman–Crippen LogP) is 3.35. The Hall–Kier alpha value is -1.63. The van der Waals surface area contributed by atoms with E-state index in [4.69, 9.17) is 19.7 Å². The maximum atomic E-state index is 10.5. The lowest BCUT2D eigenvalue weighted by atomic mass is 9.96. The predicted molar refractivity (Wildman–Crippen MR) is 92.0 cm³/mol. The van der Waals surface area contributed by atoms with Crippen molar-refractivity contribution < 1.29 is 34.1 Å². The molecule has 0 aromatic heterocycles. The number of methoxy groups -OCH3 is 1. The number of aliphatic carboxylic acids is 2. The van der Waals surface area contributed by atoms with Crippen LogP contribution in [0.4, 0.5) is 0 Å². The highest BCUT2D eigenvalue weighted by Crippen LogP contribution is 2.18. The molecule has 0 bridgehead atoms. The molecule has 0 heterocycles. The Morgan fingerprint density at radius 3 is 1.88 bits per heavy atom. The smallest absolute Gasteiger partial charge is 0.306 e. The van der Waals surface area contributed by atoms with Crippen LogP contribution in [0.1, 0.15) is 67.2 Å². The van der Waals surface area contributed by atoms with Crippen LogP contribution in [-0.2, 0) is 23.9 Å². The molecule has 0 aromatic rings. The van der Waals surface area contributed by atoms with E-state index in [1.54, 1.807) is 14.0 Å². The van der Waals surface area contributed by atoms with Gasteiger partial charge in [-0.05, 0) is 33.1 Å². The summed E-state index contributed by atoms with van der Waals surface area (Å²) in [7, 11) is 1.64. The lowest BCUT2D eigenvalue weighted by Gasteiger charge is -2.23. The van der Waals surface area contributed by atoms with Crippen molar-refractivity contribution in [3.8, 4) is 0 Å². The molecular formula is C17H34O7. The molecule has 0 saturated carbocycles. The zero-order valence-electron chi connectivity index (χ0n) is 16.0. The third kappa shape index (κ3) is 28.5. The van der Waals surface area contributed by atoms with E-state index in [0.29, 0.717) is 13.0 Å². The molecule has 0 amide bonds. The molecular weight excluding hydrogens is 316 g/mol. The molecule has 0 fully saturated rings. The normalized spacial score (nSPS) is 11.1. The van der Waals surface area contributed by atoms with E-state index in [-0.39, 0.29) is 17.5 Å². The molecule has 7 heteroatoms. The van der Waals surface area contributed by atoms with Crippen molar-refractivity contribution in [1.29, 1.82) is 0 Å². The summed E-state index contributed by atoms with van der Waals surface area (Å²) in [5.74, 6) is -2.03. The molecule has 144 valence electrons. The highest BCUT2D eigenvalue weighted by molar-refractivity contribution is 5.69. The summed E-state index contributed by atoms with van der Waals surface area (Å²) in [4.78, 5) is 29.6. The molecule has 0 aliphatic carbocycles. The number of carboxylic acids is 2. The van der Waals surface area contributed by atoms with Gasteiger partial charge in [0.05, 0.1) is 18.1 Å². The molecule has 24 heavy (non-hydrogen) atoms. The molecule has 0 aliphatic heterocycles. The van der Waals surface area contributed by atoms with Gasteiger partial charge in [-0.25, -0.2) is 0 Å². The van der Waals surface area contributed by atoms with E-state index in [0.717, 1.165) is 26.2 Å². The van der Waals surface area contributed by atoms with Gasteiger partial charge >= 0.3 is 11.9 Å². The molecule has 0 radical (unpaired) electrons. The summed E-state index contributed by atoms with van der Waals surface area (Å²) in [6.45, 7) is 10.8. The summed E-state index contributed by atoms with van der Waals surface area (Å²) in [5, 5.41) is 16.0. The van der Waals surface area contributed by atoms with Crippen LogP contribution >= 0.6 is 0 Å². The average Bonchev–Trinajstić information content (AvgIpc) is 2.45. The average molecular weight is 350 g/mol. The molecule has 7 nitrogen and oxygen atoms in total. The number of rotatable bonds is 8. The van der Waals surface area contributed by atoms with E-state index >= 15 is 0 Å². The second kappa shape index (κ2) is 16.2. The number of carbonyl (C=O) groups is 3. The summed E-state index contributed by atoms with van der Waals surface area (Å²) < 4.78 is 9.82. The Kier molecular flexibility index (Phi) is 18.4. The van der Waals surface area contributed by atoms with Gasteiger partial charge in [0.1, 0.15) is 0 Å². The maximum absolute atomic E-state index is 10.5. The van der Waals surface area contributed by atoms with Crippen LogP contribution in [-0.4, -0.2) is 47.4 Å². The Morgan fingerprint density at radius 1 is 1.12 bits per heavy atom. The lowest BCUT2D eigenvalue weighted by molar-refractivity contribution is -0.142. The second-order valence-electron chi connectivity index (χ2n) is 5.95. The number of carbonyl (C=O) groups excluding carboxylic acids is 1. The fourth-order valence-electron chi connectivity index (χ4n) is 1.15. The van der Waals surface area contributed by atoms with Crippen molar-refractivity contribution in [2.24, 2.45) is 5.92 Å². The topological polar surface area (TPSA) is 110 Å².